The van der Waals surface area contributed by atoms with E-state index in [1.807, 2.05) is 0 Å². The van der Waals surface area contributed by atoms with E-state index in [2.05, 4.69) is 41.5 Å². The number of thioether (sulfide) groups is 1. The molecule has 0 bridgehead atoms. The summed E-state index contributed by atoms with van der Waals surface area (Å²) < 4.78 is 0. The Labute approximate surface area is 76.3 Å². The Kier molecular flexibility index (Phi) is 3.11. The van der Waals surface area contributed by atoms with E-state index in [9.17, 15) is 0 Å². The van der Waals surface area contributed by atoms with Gasteiger partial charge >= 0.3 is 0 Å². The standard InChI is InChI=1S/C8H15BrS/c1-7(2)10-6-8(5-9)3-4-8/h7H,3-6H2,1-2H3. The quantitative estimate of drug-likeness (QED) is 0.659. The van der Waals surface area contributed by atoms with Crippen LogP contribution in [-0.4, -0.2) is 16.3 Å². The zero-order chi connectivity index (χ0) is 7.61. The van der Waals surface area contributed by atoms with E-state index in [1.54, 1.807) is 0 Å². The van der Waals surface area contributed by atoms with Crippen LogP contribution in [0.15, 0.2) is 0 Å². The molecule has 0 atom stereocenters. The molecule has 0 nitrogen and oxygen atoms in total. The average Bonchev–Trinajstić information content (AvgIpc) is 2.64. The maximum atomic E-state index is 3.57. The van der Waals surface area contributed by atoms with Gasteiger partial charge in [0.2, 0.25) is 0 Å². The van der Waals surface area contributed by atoms with Crippen LogP contribution >= 0.6 is 27.7 Å². The highest BCUT2D eigenvalue weighted by Crippen LogP contribution is 2.49. The van der Waals surface area contributed by atoms with Crippen LogP contribution in [0.25, 0.3) is 0 Å². The molecule has 60 valence electrons. The van der Waals surface area contributed by atoms with Crippen molar-refractivity contribution in [3.8, 4) is 0 Å². The van der Waals surface area contributed by atoms with Crippen molar-refractivity contribution in [3.05, 3.63) is 0 Å². The maximum Gasteiger partial charge on any atom is 0.00958 e. The molecular formula is C8H15BrS. The summed E-state index contributed by atoms with van der Waals surface area (Å²) in [6, 6.07) is 0. The molecule has 0 aromatic carbocycles. The summed E-state index contributed by atoms with van der Waals surface area (Å²) in [7, 11) is 0. The summed E-state index contributed by atoms with van der Waals surface area (Å²) in [6.07, 6.45) is 2.88. The second kappa shape index (κ2) is 3.48. The summed E-state index contributed by atoms with van der Waals surface area (Å²) in [6.45, 7) is 4.55. The molecule has 0 saturated heterocycles. The molecule has 2 heteroatoms. The lowest BCUT2D eigenvalue weighted by atomic mass is 10.2. The highest BCUT2D eigenvalue weighted by molar-refractivity contribution is 9.09. The van der Waals surface area contributed by atoms with Crippen LogP contribution in [0.2, 0.25) is 0 Å². The molecule has 10 heavy (non-hydrogen) atoms. The van der Waals surface area contributed by atoms with Crippen molar-refractivity contribution in [2.75, 3.05) is 11.1 Å². The molecule has 0 aromatic heterocycles. The molecular weight excluding hydrogens is 208 g/mol. The van der Waals surface area contributed by atoms with E-state index >= 15 is 0 Å². The van der Waals surface area contributed by atoms with E-state index < -0.39 is 0 Å². The van der Waals surface area contributed by atoms with Crippen molar-refractivity contribution < 1.29 is 0 Å². The Balaban J connectivity index is 2.13. The van der Waals surface area contributed by atoms with Crippen molar-refractivity contribution in [2.45, 2.75) is 31.9 Å². The lowest BCUT2D eigenvalue weighted by Gasteiger charge is -2.11. The lowest BCUT2D eigenvalue weighted by molar-refractivity contribution is 0.685. The SMILES string of the molecule is CC(C)SCC1(CBr)CC1. The van der Waals surface area contributed by atoms with Crippen LogP contribution in [0.3, 0.4) is 0 Å². The molecule has 1 rings (SSSR count). The summed E-state index contributed by atoms with van der Waals surface area (Å²) in [5.41, 5.74) is 0.703. The van der Waals surface area contributed by atoms with Gasteiger partial charge in [-0.3, -0.25) is 0 Å². The van der Waals surface area contributed by atoms with Gasteiger partial charge in [0.05, 0.1) is 0 Å². The Morgan fingerprint density at radius 3 is 2.40 bits per heavy atom. The molecule has 0 heterocycles. The lowest BCUT2D eigenvalue weighted by Crippen LogP contribution is -2.07. The van der Waals surface area contributed by atoms with Gasteiger partial charge in [0.25, 0.3) is 0 Å². The normalized spacial score (nSPS) is 21.6. The smallest absolute Gasteiger partial charge is 0.00958 e. The van der Waals surface area contributed by atoms with Crippen LogP contribution in [0.4, 0.5) is 0 Å². The molecule has 0 amide bonds. The molecule has 1 aliphatic carbocycles. The van der Waals surface area contributed by atoms with Gasteiger partial charge in [-0.1, -0.05) is 29.8 Å². The van der Waals surface area contributed by atoms with E-state index in [-0.39, 0.29) is 0 Å². The van der Waals surface area contributed by atoms with E-state index in [1.165, 1.54) is 23.9 Å². The van der Waals surface area contributed by atoms with Gasteiger partial charge in [-0.2, -0.15) is 11.8 Å². The molecule has 1 aliphatic rings. The number of rotatable bonds is 4. The monoisotopic (exact) mass is 222 g/mol. The van der Waals surface area contributed by atoms with Crippen molar-refractivity contribution in [2.24, 2.45) is 5.41 Å². The maximum absolute atomic E-state index is 3.57. The van der Waals surface area contributed by atoms with Gasteiger partial charge < -0.3 is 0 Å². The first kappa shape index (κ1) is 8.92. The minimum Gasteiger partial charge on any atom is -0.159 e. The molecule has 0 N–H and O–H groups in total. The minimum absolute atomic E-state index is 0.703. The minimum atomic E-state index is 0.703. The second-order valence-electron chi connectivity index (χ2n) is 3.49. The van der Waals surface area contributed by atoms with Gasteiger partial charge in [-0.15, -0.1) is 0 Å². The average molecular weight is 223 g/mol. The number of hydrogen-bond acceptors (Lipinski definition) is 1. The third kappa shape index (κ3) is 2.46. The number of alkyl halides is 1. The van der Waals surface area contributed by atoms with Crippen LogP contribution in [0.1, 0.15) is 26.7 Å². The van der Waals surface area contributed by atoms with Gasteiger partial charge in [0, 0.05) is 5.33 Å². The third-order valence-corrected chi connectivity index (χ3v) is 4.60. The van der Waals surface area contributed by atoms with Crippen molar-refractivity contribution in [3.63, 3.8) is 0 Å². The van der Waals surface area contributed by atoms with Gasteiger partial charge in [-0.05, 0) is 29.3 Å². The van der Waals surface area contributed by atoms with E-state index in [0.29, 0.717) is 5.41 Å². The number of hydrogen-bond donors (Lipinski definition) is 0. The molecule has 0 aliphatic heterocycles. The third-order valence-electron chi connectivity index (χ3n) is 1.96. The zero-order valence-corrected chi connectivity index (χ0v) is 9.09. The largest absolute Gasteiger partial charge is 0.159 e. The molecule has 1 fully saturated rings. The van der Waals surface area contributed by atoms with Crippen LogP contribution in [0.5, 0.6) is 0 Å². The summed E-state index contributed by atoms with van der Waals surface area (Å²) in [5.74, 6) is 1.36. The van der Waals surface area contributed by atoms with Crippen LogP contribution in [-0.2, 0) is 0 Å². The fourth-order valence-electron chi connectivity index (χ4n) is 0.837. The molecule has 1 saturated carbocycles. The van der Waals surface area contributed by atoms with Crippen LogP contribution in [0, 0.1) is 5.41 Å². The first-order valence-corrected chi connectivity index (χ1v) is 6.03. The summed E-state index contributed by atoms with van der Waals surface area (Å²) in [5, 5.41) is 2.01. The highest BCUT2D eigenvalue weighted by atomic mass is 79.9. The molecule has 0 unspecified atom stereocenters. The van der Waals surface area contributed by atoms with E-state index in [0.717, 1.165) is 5.25 Å². The Morgan fingerprint density at radius 1 is 1.50 bits per heavy atom. The van der Waals surface area contributed by atoms with E-state index in [4.69, 9.17) is 0 Å². The summed E-state index contributed by atoms with van der Waals surface area (Å²) >= 11 is 5.67. The first-order chi connectivity index (χ1) is 4.68. The predicted octanol–water partition coefficient (Wildman–Crippen LogP) is 3.30. The second-order valence-corrected chi connectivity index (χ2v) is 5.62. The molecule has 0 aromatic rings. The fourth-order valence-corrected chi connectivity index (χ4v) is 2.94. The summed E-state index contributed by atoms with van der Waals surface area (Å²) in [4.78, 5) is 0. The van der Waals surface area contributed by atoms with Crippen molar-refractivity contribution >= 4 is 27.7 Å². The molecule has 0 radical (unpaired) electrons. The fraction of sp³-hybridized carbons (Fsp3) is 1.00. The van der Waals surface area contributed by atoms with Gasteiger partial charge in [0.15, 0.2) is 0 Å². The number of halogens is 1. The highest BCUT2D eigenvalue weighted by Gasteiger charge is 2.41. The zero-order valence-electron chi connectivity index (χ0n) is 6.69. The molecule has 0 spiro atoms. The van der Waals surface area contributed by atoms with Gasteiger partial charge in [0.1, 0.15) is 0 Å². The predicted molar refractivity (Wildman–Crippen MR) is 53.1 cm³/mol. The topological polar surface area (TPSA) is 0 Å². The Hall–Kier alpha value is 0.830. The Bertz CT molecular complexity index is 108. The first-order valence-electron chi connectivity index (χ1n) is 3.86. The van der Waals surface area contributed by atoms with Gasteiger partial charge in [-0.25, -0.2) is 0 Å². The van der Waals surface area contributed by atoms with Crippen molar-refractivity contribution in [1.29, 1.82) is 0 Å². The Morgan fingerprint density at radius 2 is 2.10 bits per heavy atom. The van der Waals surface area contributed by atoms with Crippen LogP contribution < -0.4 is 0 Å². The van der Waals surface area contributed by atoms with Crippen molar-refractivity contribution in [1.82, 2.24) is 0 Å².